The van der Waals surface area contributed by atoms with Gasteiger partial charge in [-0.2, -0.15) is 0 Å². The standard InChI is InChI=1S/C26H25N3O6/c1-15(34-2)23(25(31)32)29-24(30)21-12-7-13-22(27-21)28-26(33)35-14-20-18-10-5-3-8-16(18)17-9-4-6-11-19(17)20/h3-13,15,20,23H,14H2,1-2H3,(H,29,30)(H,31,32)(H,27,28,33). The van der Waals surface area contributed by atoms with E-state index in [9.17, 15) is 19.5 Å². The summed E-state index contributed by atoms with van der Waals surface area (Å²) < 4.78 is 10.5. The Morgan fingerprint density at radius 1 is 0.971 bits per heavy atom. The minimum Gasteiger partial charge on any atom is -0.480 e. The number of aliphatic carboxylic acids is 1. The summed E-state index contributed by atoms with van der Waals surface area (Å²) in [6.45, 7) is 1.66. The second-order valence-electron chi connectivity index (χ2n) is 8.09. The van der Waals surface area contributed by atoms with Crippen molar-refractivity contribution in [2.45, 2.75) is 25.0 Å². The summed E-state index contributed by atoms with van der Waals surface area (Å²) in [5, 5.41) is 14.2. The van der Waals surface area contributed by atoms with E-state index in [1.807, 2.05) is 36.4 Å². The van der Waals surface area contributed by atoms with Gasteiger partial charge in [-0.05, 0) is 41.3 Å². The van der Waals surface area contributed by atoms with Crippen LogP contribution in [0.3, 0.4) is 0 Å². The van der Waals surface area contributed by atoms with Gasteiger partial charge in [0.2, 0.25) is 0 Å². The van der Waals surface area contributed by atoms with Crippen molar-refractivity contribution in [1.82, 2.24) is 10.3 Å². The quantitative estimate of drug-likeness (QED) is 0.454. The smallest absolute Gasteiger partial charge is 0.412 e. The van der Waals surface area contributed by atoms with Gasteiger partial charge in [-0.3, -0.25) is 10.1 Å². The van der Waals surface area contributed by atoms with Crippen LogP contribution in [0.25, 0.3) is 11.1 Å². The van der Waals surface area contributed by atoms with E-state index in [4.69, 9.17) is 9.47 Å². The molecule has 1 heterocycles. The normalized spacial score (nSPS) is 13.8. The zero-order chi connectivity index (χ0) is 24.9. The lowest BCUT2D eigenvalue weighted by molar-refractivity contribution is -0.142. The number of carbonyl (C=O) groups is 3. The van der Waals surface area contributed by atoms with E-state index in [1.54, 1.807) is 0 Å². The highest BCUT2D eigenvalue weighted by Crippen LogP contribution is 2.44. The number of nitrogens with zero attached hydrogens (tertiary/aromatic N) is 1. The molecule has 1 aromatic heterocycles. The number of carboxylic acid groups (broad SMARTS) is 1. The summed E-state index contributed by atoms with van der Waals surface area (Å²) in [5.41, 5.74) is 4.38. The highest BCUT2D eigenvalue weighted by molar-refractivity contribution is 5.96. The van der Waals surface area contributed by atoms with Crippen molar-refractivity contribution in [2.24, 2.45) is 0 Å². The Bertz CT molecular complexity index is 1220. The van der Waals surface area contributed by atoms with Gasteiger partial charge in [0.1, 0.15) is 18.1 Å². The van der Waals surface area contributed by atoms with Crippen LogP contribution in [0.1, 0.15) is 34.5 Å². The molecule has 35 heavy (non-hydrogen) atoms. The molecule has 0 saturated heterocycles. The monoisotopic (exact) mass is 475 g/mol. The van der Waals surface area contributed by atoms with Gasteiger partial charge >= 0.3 is 12.1 Å². The molecule has 4 rings (SSSR count). The van der Waals surface area contributed by atoms with Crippen molar-refractivity contribution in [3.05, 3.63) is 83.6 Å². The van der Waals surface area contributed by atoms with Gasteiger partial charge in [-0.15, -0.1) is 0 Å². The van der Waals surface area contributed by atoms with Crippen LogP contribution in [0.4, 0.5) is 10.6 Å². The minimum atomic E-state index is -1.26. The molecule has 0 fully saturated rings. The molecular weight excluding hydrogens is 450 g/mol. The number of benzene rings is 2. The van der Waals surface area contributed by atoms with Gasteiger partial charge < -0.3 is 19.9 Å². The Morgan fingerprint density at radius 2 is 1.60 bits per heavy atom. The first-order chi connectivity index (χ1) is 16.9. The molecule has 1 aliphatic carbocycles. The maximum atomic E-state index is 12.5. The highest BCUT2D eigenvalue weighted by Gasteiger charge is 2.29. The molecule has 1 aliphatic rings. The second-order valence-corrected chi connectivity index (χ2v) is 8.09. The van der Waals surface area contributed by atoms with Crippen LogP contribution in [0.5, 0.6) is 0 Å². The molecule has 9 heteroatoms. The van der Waals surface area contributed by atoms with E-state index in [1.165, 1.54) is 32.2 Å². The van der Waals surface area contributed by atoms with Crippen LogP contribution in [0, 0.1) is 0 Å². The largest absolute Gasteiger partial charge is 0.480 e. The first-order valence-electron chi connectivity index (χ1n) is 11.0. The van der Waals surface area contributed by atoms with Crippen LogP contribution in [0.2, 0.25) is 0 Å². The zero-order valence-electron chi connectivity index (χ0n) is 19.2. The molecule has 180 valence electrons. The van der Waals surface area contributed by atoms with Crippen molar-refractivity contribution in [3.8, 4) is 11.1 Å². The van der Waals surface area contributed by atoms with Crippen molar-refractivity contribution >= 4 is 23.8 Å². The van der Waals surface area contributed by atoms with E-state index in [0.717, 1.165) is 22.3 Å². The highest BCUT2D eigenvalue weighted by atomic mass is 16.5. The fraction of sp³-hybridized carbons (Fsp3) is 0.231. The number of ether oxygens (including phenoxy) is 2. The Morgan fingerprint density at radius 3 is 2.20 bits per heavy atom. The van der Waals surface area contributed by atoms with Gasteiger partial charge in [0, 0.05) is 13.0 Å². The lowest BCUT2D eigenvalue weighted by Crippen LogP contribution is -2.48. The lowest BCUT2D eigenvalue weighted by Gasteiger charge is -2.20. The van der Waals surface area contributed by atoms with Crippen LogP contribution >= 0.6 is 0 Å². The minimum absolute atomic E-state index is 0.0593. The second kappa shape index (κ2) is 10.4. The molecule has 0 spiro atoms. The average molecular weight is 476 g/mol. The third-order valence-corrected chi connectivity index (χ3v) is 5.95. The Balaban J connectivity index is 1.40. The predicted molar refractivity (Wildman–Crippen MR) is 128 cm³/mol. The van der Waals surface area contributed by atoms with Gasteiger partial charge in [0.15, 0.2) is 6.04 Å². The van der Waals surface area contributed by atoms with Gasteiger partial charge in [-0.1, -0.05) is 54.6 Å². The van der Waals surface area contributed by atoms with Crippen molar-refractivity contribution < 1.29 is 29.0 Å². The average Bonchev–Trinajstić information content (AvgIpc) is 3.19. The number of hydrogen-bond donors (Lipinski definition) is 3. The number of aromatic nitrogens is 1. The third kappa shape index (κ3) is 5.15. The number of rotatable bonds is 8. The molecule has 2 aromatic carbocycles. The fourth-order valence-corrected chi connectivity index (χ4v) is 4.10. The van der Waals surface area contributed by atoms with E-state index >= 15 is 0 Å². The number of fused-ring (bicyclic) bond motifs is 3. The molecule has 3 N–H and O–H groups in total. The SMILES string of the molecule is COC(C)C(NC(=O)c1cccc(NC(=O)OCC2c3ccccc3-c3ccccc32)n1)C(=O)O. The molecule has 9 nitrogen and oxygen atoms in total. The number of methoxy groups -OCH3 is 1. The third-order valence-electron chi connectivity index (χ3n) is 5.95. The summed E-state index contributed by atoms with van der Waals surface area (Å²) in [5.74, 6) is -1.94. The maximum Gasteiger partial charge on any atom is 0.412 e. The molecule has 3 aromatic rings. The van der Waals surface area contributed by atoms with Gasteiger partial charge in [0.05, 0.1) is 6.10 Å². The number of anilines is 1. The number of hydrogen-bond acceptors (Lipinski definition) is 6. The lowest BCUT2D eigenvalue weighted by atomic mass is 9.98. The van der Waals surface area contributed by atoms with Crippen molar-refractivity contribution in [1.29, 1.82) is 0 Å². The Kier molecular flexibility index (Phi) is 7.07. The van der Waals surface area contributed by atoms with E-state index in [-0.39, 0.29) is 24.0 Å². The summed E-state index contributed by atoms with van der Waals surface area (Å²) in [4.78, 5) is 40.5. The molecular formula is C26H25N3O6. The fourth-order valence-electron chi connectivity index (χ4n) is 4.10. The Hall–Kier alpha value is -4.24. The predicted octanol–water partition coefficient (Wildman–Crippen LogP) is 3.66. The van der Waals surface area contributed by atoms with Crippen molar-refractivity contribution in [3.63, 3.8) is 0 Å². The maximum absolute atomic E-state index is 12.5. The number of carboxylic acids is 1. The molecule has 0 bridgehead atoms. The molecule has 0 saturated carbocycles. The van der Waals surface area contributed by atoms with E-state index in [2.05, 4.69) is 27.8 Å². The van der Waals surface area contributed by atoms with Gasteiger partial charge in [0.25, 0.3) is 5.91 Å². The number of nitrogens with one attached hydrogen (secondary N) is 2. The van der Waals surface area contributed by atoms with Crippen LogP contribution in [0.15, 0.2) is 66.7 Å². The molecule has 2 amide bonds. The molecule has 2 unspecified atom stereocenters. The summed E-state index contributed by atoms with van der Waals surface area (Å²) in [7, 11) is 1.35. The first-order valence-corrected chi connectivity index (χ1v) is 11.0. The number of carbonyl (C=O) groups excluding carboxylic acids is 2. The van der Waals surface area contributed by atoms with Crippen LogP contribution < -0.4 is 10.6 Å². The van der Waals surface area contributed by atoms with Gasteiger partial charge in [-0.25, -0.2) is 14.6 Å². The number of pyridine rings is 1. The van der Waals surface area contributed by atoms with Crippen LogP contribution in [-0.4, -0.2) is 53.9 Å². The Labute approximate surface area is 202 Å². The first kappa shape index (κ1) is 23.9. The molecule has 0 radical (unpaired) electrons. The van der Waals surface area contributed by atoms with Crippen LogP contribution in [-0.2, 0) is 14.3 Å². The zero-order valence-corrected chi connectivity index (χ0v) is 19.2. The summed E-state index contributed by atoms with van der Waals surface area (Å²) in [6.07, 6.45) is -1.47. The number of amides is 2. The van der Waals surface area contributed by atoms with E-state index < -0.39 is 30.1 Å². The van der Waals surface area contributed by atoms with E-state index in [0.29, 0.717) is 0 Å². The topological polar surface area (TPSA) is 127 Å². The van der Waals surface area contributed by atoms with Crippen molar-refractivity contribution in [2.75, 3.05) is 19.0 Å². The molecule has 2 atom stereocenters. The molecule has 0 aliphatic heterocycles. The summed E-state index contributed by atoms with van der Waals surface area (Å²) >= 11 is 0. The summed E-state index contributed by atoms with van der Waals surface area (Å²) in [6, 6.07) is 19.2.